The zero-order valence-corrected chi connectivity index (χ0v) is 18.8. The Hall–Kier alpha value is -3.15. The summed E-state index contributed by atoms with van der Waals surface area (Å²) < 4.78 is 0. The fourth-order valence-corrected chi connectivity index (χ4v) is 6.16. The third-order valence-electron chi connectivity index (χ3n) is 7.04. The van der Waals surface area contributed by atoms with E-state index in [-0.39, 0.29) is 30.2 Å². The monoisotopic (exact) mass is 476 g/mol. The molecule has 1 N–H and O–H groups in total. The van der Waals surface area contributed by atoms with Crippen molar-refractivity contribution in [2.75, 3.05) is 11.9 Å². The summed E-state index contributed by atoms with van der Waals surface area (Å²) in [6.45, 7) is -0.361. The van der Waals surface area contributed by atoms with Crippen LogP contribution in [0.5, 0.6) is 0 Å². The molecule has 0 saturated carbocycles. The molecule has 33 heavy (non-hydrogen) atoms. The highest BCUT2D eigenvalue weighted by atomic mass is 35.5. The number of carbonyl (C=O) groups is 3. The van der Waals surface area contributed by atoms with Gasteiger partial charge in [0.25, 0.3) is 0 Å². The van der Waals surface area contributed by atoms with Crippen LogP contribution in [0.3, 0.4) is 0 Å². The van der Waals surface area contributed by atoms with Crippen LogP contribution in [0.4, 0.5) is 5.69 Å². The molecule has 3 aliphatic carbocycles. The van der Waals surface area contributed by atoms with Gasteiger partial charge in [-0.3, -0.25) is 19.3 Å². The number of amides is 3. The molecule has 3 aromatic carbocycles. The lowest BCUT2D eigenvalue weighted by atomic mass is 9.55. The van der Waals surface area contributed by atoms with Crippen LogP contribution < -0.4 is 5.32 Å². The van der Waals surface area contributed by atoms with Crippen molar-refractivity contribution in [3.05, 3.63) is 99.0 Å². The molecule has 5 nitrogen and oxygen atoms in total. The van der Waals surface area contributed by atoms with Crippen LogP contribution in [0.25, 0.3) is 0 Å². The second-order valence-corrected chi connectivity index (χ2v) is 9.54. The molecule has 2 bridgehead atoms. The summed E-state index contributed by atoms with van der Waals surface area (Å²) in [6.07, 6.45) is 0. The lowest BCUT2D eigenvalue weighted by Gasteiger charge is -2.45. The number of anilines is 1. The fourth-order valence-electron chi connectivity index (χ4n) is 5.82. The minimum absolute atomic E-state index is 0.195. The first kappa shape index (κ1) is 20.5. The van der Waals surface area contributed by atoms with Crippen LogP contribution in [-0.4, -0.2) is 29.2 Å². The molecular formula is C26H18Cl2N2O3. The average molecular weight is 477 g/mol. The van der Waals surface area contributed by atoms with Crippen molar-refractivity contribution in [1.29, 1.82) is 0 Å². The molecule has 7 rings (SSSR count). The van der Waals surface area contributed by atoms with Gasteiger partial charge in [-0.2, -0.15) is 0 Å². The topological polar surface area (TPSA) is 66.5 Å². The van der Waals surface area contributed by atoms with E-state index < -0.39 is 17.7 Å². The summed E-state index contributed by atoms with van der Waals surface area (Å²) in [5.41, 5.74) is 4.73. The quantitative estimate of drug-likeness (QED) is 0.550. The van der Waals surface area contributed by atoms with E-state index in [1.807, 2.05) is 48.5 Å². The van der Waals surface area contributed by atoms with Gasteiger partial charge in [-0.1, -0.05) is 71.7 Å². The Labute approximate surface area is 200 Å². The molecule has 3 amide bonds. The maximum absolute atomic E-state index is 13.5. The molecular weight excluding hydrogens is 459 g/mol. The van der Waals surface area contributed by atoms with Gasteiger partial charge in [-0.25, -0.2) is 0 Å². The predicted molar refractivity (Wildman–Crippen MR) is 125 cm³/mol. The number of rotatable bonds is 3. The number of benzene rings is 3. The highest BCUT2D eigenvalue weighted by molar-refractivity contribution is 6.35. The van der Waals surface area contributed by atoms with Gasteiger partial charge in [0.15, 0.2) is 0 Å². The Morgan fingerprint density at radius 2 is 1.27 bits per heavy atom. The smallest absolute Gasteiger partial charge is 0.244 e. The third-order valence-corrected chi connectivity index (χ3v) is 7.61. The zero-order chi connectivity index (χ0) is 22.9. The lowest BCUT2D eigenvalue weighted by Crippen LogP contribution is -2.41. The summed E-state index contributed by atoms with van der Waals surface area (Å²) in [6, 6.07) is 20.8. The maximum Gasteiger partial charge on any atom is 0.244 e. The normalized spacial score (nSPS) is 24.4. The van der Waals surface area contributed by atoms with E-state index in [1.165, 1.54) is 6.07 Å². The summed E-state index contributed by atoms with van der Waals surface area (Å²) in [4.78, 5) is 41.0. The number of hydrogen-bond acceptors (Lipinski definition) is 3. The summed E-state index contributed by atoms with van der Waals surface area (Å²) in [5.74, 6) is -2.49. The summed E-state index contributed by atoms with van der Waals surface area (Å²) >= 11 is 12.1. The van der Waals surface area contributed by atoms with Crippen LogP contribution in [0.2, 0.25) is 10.0 Å². The van der Waals surface area contributed by atoms with Gasteiger partial charge in [0.2, 0.25) is 17.7 Å². The van der Waals surface area contributed by atoms with Crippen molar-refractivity contribution in [2.45, 2.75) is 11.8 Å². The van der Waals surface area contributed by atoms with Gasteiger partial charge < -0.3 is 5.32 Å². The molecule has 1 aliphatic heterocycles. The Balaban J connectivity index is 1.34. The van der Waals surface area contributed by atoms with Gasteiger partial charge in [0, 0.05) is 16.9 Å². The van der Waals surface area contributed by atoms with E-state index in [9.17, 15) is 14.4 Å². The van der Waals surface area contributed by atoms with Crippen molar-refractivity contribution in [2.24, 2.45) is 11.8 Å². The molecule has 1 saturated heterocycles. The van der Waals surface area contributed by atoms with E-state index in [0.29, 0.717) is 15.7 Å². The van der Waals surface area contributed by atoms with Crippen LogP contribution in [0.15, 0.2) is 66.7 Å². The van der Waals surface area contributed by atoms with Crippen molar-refractivity contribution >= 4 is 46.6 Å². The molecule has 1 heterocycles. The Morgan fingerprint density at radius 1 is 0.788 bits per heavy atom. The number of carbonyl (C=O) groups excluding carboxylic acids is 3. The highest BCUT2D eigenvalue weighted by Crippen LogP contribution is 2.60. The molecule has 2 atom stereocenters. The van der Waals surface area contributed by atoms with E-state index in [1.54, 1.807) is 12.1 Å². The summed E-state index contributed by atoms with van der Waals surface area (Å²) in [5, 5.41) is 3.41. The van der Waals surface area contributed by atoms with Gasteiger partial charge in [-0.15, -0.1) is 0 Å². The van der Waals surface area contributed by atoms with Gasteiger partial charge in [0.1, 0.15) is 6.54 Å². The number of imide groups is 1. The third kappa shape index (κ3) is 2.96. The van der Waals surface area contributed by atoms with Crippen molar-refractivity contribution in [3.8, 4) is 0 Å². The SMILES string of the molecule is O=C(CN1C(=O)[C@@H]2C3c4ccccc4C(c4ccccc43)[C@H]2C1=O)Nc1cc(Cl)ccc1Cl. The fraction of sp³-hybridized carbons (Fsp3) is 0.192. The molecule has 0 unspecified atom stereocenters. The van der Waals surface area contributed by atoms with E-state index in [4.69, 9.17) is 23.2 Å². The van der Waals surface area contributed by atoms with Crippen molar-refractivity contribution < 1.29 is 14.4 Å². The van der Waals surface area contributed by atoms with Gasteiger partial charge >= 0.3 is 0 Å². The van der Waals surface area contributed by atoms with Crippen molar-refractivity contribution in [1.82, 2.24) is 4.90 Å². The molecule has 0 spiro atoms. The van der Waals surface area contributed by atoms with Gasteiger partial charge in [-0.05, 0) is 40.5 Å². The van der Waals surface area contributed by atoms with Crippen LogP contribution in [0, 0.1) is 11.8 Å². The first-order chi connectivity index (χ1) is 16.0. The highest BCUT2D eigenvalue weighted by Gasteiger charge is 2.61. The zero-order valence-electron chi connectivity index (χ0n) is 17.3. The van der Waals surface area contributed by atoms with Crippen LogP contribution >= 0.6 is 23.2 Å². The Bertz CT molecular complexity index is 1240. The Kier molecular flexibility index (Phi) is 4.61. The summed E-state index contributed by atoms with van der Waals surface area (Å²) in [7, 11) is 0. The molecule has 7 heteroatoms. The van der Waals surface area contributed by atoms with E-state index in [0.717, 1.165) is 27.2 Å². The minimum Gasteiger partial charge on any atom is -0.323 e. The number of halogens is 2. The molecule has 164 valence electrons. The molecule has 1 fully saturated rings. The predicted octanol–water partition coefficient (Wildman–Crippen LogP) is 4.82. The maximum atomic E-state index is 13.5. The van der Waals surface area contributed by atoms with Crippen molar-refractivity contribution in [3.63, 3.8) is 0 Å². The van der Waals surface area contributed by atoms with E-state index in [2.05, 4.69) is 5.32 Å². The first-order valence-electron chi connectivity index (χ1n) is 10.7. The Morgan fingerprint density at radius 3 is 1.76 bits per heavy atom. The molecule has 3 aromatic rings. The largest absolute Gasteiger partial charge is 0.323 e. The standard InChI is InChI=1S/C26H18Cl2N2O3/c27-13-9-10-18(28)19(11-13)29-20(31)12-30-25(32)23-21-14-5-1-2-6-15(14)22(24(23)26(30)33)17-8-4-3-7-16(17)21/h1-11,21-24H,12H2,(H,29,31)/t21?,22?,23-,24-/m1/s1. The number of hydrogen-bond donors (Lipinski definition) is 1. The second-order valence-electron chi connectivity index (χ2n) is 8.70. The average Bonchev–Trinajstić information content (AvgIpc) is 3.07. The number of likely N-dealkylation sites (tertiary alicyclic amines) is 1. The molecule has 0 aromatic heterocycles. The van der Waals surface area contributed by atoms with Gasteiger partial charge in [0.05, 0.1) is 22.5 Å². The van der Waals surface area contributed by atoms with Crippen LogP contribution in [-0.2, 0) is 14.4 Å². The minimum atomic E-state index is -0.505. The molecule has 4 aliphatic rings. The first-order valence-corrected chi connectivity index (χ1v) is 11.5. The lowest BCUT2D eigenvalue weighted by molar-refractivity contribution is -0.142. The number of nitrogens with zero attached hydrogens (tertiary/aromatic N) is 1. The number of nitrogens with one attached hydrogen (secondary N) is 1. The molecule has 0 radical (unpaired) electrons. The van der Waals surface area contributed by atoms with E-state index >= 15 is 0 Å². The second kappa shape index (κ2) is 7.44. The van der Waals surface area contributed by atoms with Crippen LogP contribution in [0.1, 0.15) is 34.1 Å².